The lowest BCUT2D eigenvalue weighted by atomic mass is 10.1. The summed E-state index contributed by atoms with van der Waals surface area (Å²) in [6.07, 6.45) is 5.15. The Hall–Kier alpha value is -1.88. The molecule has 0 saturated carbocycles. The third-order valence-corrected chi connectivity index (χ3v) is 3.64. The average molecular weight is 326 g/mol. The van der Waals surface area contributed by atoms with Crippen LogP contribution in [0.15, 0.2) is 30.4 Å². The summed E-state index contributed by atoms with van der Waals surface area (Å²) in [5.74, 6) is -1.49. The Morgan fingerprint density at radius 3 is 2.91 bits per heavy atom. The van der Waals surface area contributed by atoms with E-state index in [1.165, 1.54) is 19.1 Å². The summed E-state index contributed by atoms with van der Waals surface area (Å²) >= 11 is 5.64. The number of amides is 1. The Morgan fingerprint density at radius 1 is 1.50 bits per heavy atom. The lowest BCUT2D eigenvalue weighted by Crippen LogP contribution is -2.30. The first-order valence-corrected chi connectivity index (χ1v) is 7.45. The zero-order valence-corrected chi connectivity index (χ0v) is 12.9. The minimum absolute atomic E-state index is 0.00368. The Balaban J connectivity index is 1.85. The molecule has 1 aliphatic rings. The van der Waals surface area contributed by atoms with Crippen LogP contribution in [0.1, 0.15) is 26.2 Å². The fourth-order valence-corrected chi connectivity index (χ4v) is 2.36. The minimum atomic E-state index is -0.993. The fraction of sp³-hybridized carbons (Fsp3) is 0.375. The molecule has 2 rings (SSSR count). The van der Waals surface area contributed by atoms with Gasteiger partial charge < -0.3 is 10.1 Å². The van der Waals surface area contributed by atoms with Crippen LogP contribution in [0.4, 0.5) is 10.1 Å². The molecule has 1 aromatic carbocycles. The summed E-state index contributed by atoms with van der Waals surface area (Å²) in [6, 6.07) is 3.91. The first-order chi connectivity index (χ1) is 10.5. The number of carbonyl (C=O) groups excluding carboxylic acids is 2. The zero-order chi connectivity index (χ0) is 16.1. The maximum atomic E-state index is 13.6. The van der Waals surface area contributed by atoms with Crippen LogP contribution in [0.2, 0.25) is 5.02 Å². The largest absolute Gasteiger partial charge is 0.453 e. The Labute approximate surface area is 133 Å². The summed E-state index contributed by atoms with van der Waals surface area (Å²) in [5, 5.41) is 2.61. The number of ether oxygens (including phenoxy) is 1. The van der Waals surface area contributed by atoms with Crippen LogP contribution >= 0.6 is 11.6 Å². The smallest absolute Gasteiger partial charge is 0.307 e. The van der Waals surface area contributed by atoms with Gasteiger partial charge in [-0.1, -0.05) is 23.8 Å². The second-order valence-corrected chi connectivity index (χ2v) is 5.65. The number of rotatable bonds is 5. The molecule has 0 radical (unpaired) electrons. The average Bonchev–Trinajstić information content (AvgIpc) is 2.94. The number of halogens is 2. The van der Waals surface area contributed by atoms with E-state index in [0.717, 1.165) is 18.9 Å². The summed E-state index contributed by atoms with van der Waals surface area (Å²) < 4.78 is 18.7. The Kier molecular flexibility index (Phi) is 5.55. The molecule has 4 nitrogen and oxygen atoms in total. The predicted molar refractivity (Wildman–Crippen MR) is 82.1 cm³/mol. The number of nitrogens with one attached hydrogen (secondary N) is 1. The molecule has 0 bridgehead atoms. The van der Waals surface area contributed by atoms with Crippen molar-refractivity contribution in [1.29, 1.82) is 0 Å². The topological polar surface area (TPSA) is 55.4 Å². The van der Waals surface area contributed by atoms with Crippen LogP contribution in [0, 0.1) is 11.7 Å². The molecule has 1 aromatic rings. The Bertz CT molecular complexity index is 603. The van der Waals surface area contributed by atoms with Gasteiger partial charge in [-0.2, -0.15) is 0 Å². The van der Waals surface area contributed by atoms with Crippen molar-refractivity contribution in [1.82, 2.24) is 0 Å². The molecule has 2 atom stereocenters. The standard InChI is InChI=1S/C16H17ClFNO3/c1-10(22-15(20)8-11-4-2-3-5-11)16(21)19-14-7-6-12(17)9-13(14)18/h2,4,6-7,9-11H,3,5,8H2,1H3,(H,19,21)/t10-,11-/m1/s1. The summed E-state index contributed by atoms with van der Waals surface area (Å²) in [4.78, 5) is 23.7. The number of allylic oxidation sites excluding steroid dienone is 2. The van der Waals surface area contributed by atoms with Gasteiger partial charge in [-0.05, 0) is 43.9 Å². The van der Waals surface area contributed by atoms with Gasteiger partial charge in [0.15, 0.2) is 6.10 Å². The van der Waals surface area contributed by atoms with E-state index in [1.54, 1.807) is 0 Å². The number of hydrogen-bond donors (Lipinski definition) is 1. The summed E-state index contributed by atoms with van der Waals surface area (Å²) in [5.41, 5.74) is -0.00368. The first-order valence-electron chi connectivity index (χ1n) is 7.08. The normalized spacial score (nSPS) is 18.0. The molecule has 1 N–H and O–H groups in total. The van der Waals surface area contributed by atoms with E-state index in [1.807, 2.05) is 12.2 Å². The molecular formula is C16H17ClFNO3. The summed E-state index contributed by atoms with van der Waals surface area (Å²) in [6.45, 7) is 1.45. The van der Waals surface area contributed by atoms with E-state index in [9.17, 15) is 14.0 Å². The molecule has 1 amide bonds. The van der Waals surface area contributed by atoms with Crippen molar-refractivity contribution in [3.05, 3.63) is 41.2 Å². The van der Waals surface area contributed by atoms with E-state index in [2.05, 4.69) is 5.32 Å². The molecule has 0 heterocycles. The first kappa shape index (κ1) is 16.5. The third kappa shape index (κ3) is 4.56. The van der Waals surface area contributed by atoms with Gasteiger partial charge in [0, 0.05) is 5.02 Å². The molecule has 0 aliphatic heterocycles. The highest BCUT2D eigenvalue weighted by molar-refractivity contribution is 6.30. The van der Waals surface area contributed by atoms with Gasteiger partial charge >= 0.3 is 5.97 Å². The van der Waals surface area contributed by atoms with Crippen molar-refractivity contribution >= 4 is 29.2 Å². The van der Waals surface area contributed by atoms with Crippen LogP contribution in [0.25, 0.3) is 0 Å². The van der Waals surface area contributed by atoms with Crippen molar-refractivity contribution in [2.75, 3.05) is 5.32 Å². The molecule has 22 heavy (non-hydrogen) atoms. The van der Waals surface area contributed by atoms with Gasteiger partial charge in [0.05, 0.1) is 12.1 Å². The molecule has 0 aromatic heterocycles. The van der Waals surface area contributed by atoms with Crippen molar-refractivity contribution in [3.8, 4) is 0 Å². The van der Waals surface area contributed by atoms with Gasteiger partial charge in [0.25, 0.3) is 5.91 Å². The van der Waals surface area contributed by atoms with Gasteiger partial charge in [-0.25, -0.2) is 4.39 Å². The maximum Gasteiger partial charge on any atom is 0.307 e. The molecular weight excluding hydrogens is 309 g/mol. The molecule has 0 fully saturated rings. The molecule has 0 saturated heterocycles. The lowest BCUT2D eigenvalue weighted by molar-refractivity contribution is -0.153. The minimum Gasteiger partial charge on any atom is -0.453 e. The second-order valence-electron chi connectivity index (χ2n) is 5.22. The van der Waals surface area contributed by atoms with Crippen LogP contribution < -0.4 is 5.32 Å². The van der Waals surface area contributed by atoms with Gasteiger partial charge in [-0.15, -0.1) is 0 Å². The highest BCUT2D eigenvalue weighted by atomic mass is 35.5. The van der Waals surface area contributed by atoms with Crippen molar-refractivity contribution < 1.29 is 18.7 Å². The lowest BCUT2D eigenvalue weighted by Gasteiger charge is -2.15. The SMILES string of the molecule is C[C@@H](OC(=O)C[C@@H]1C=CCC1)C(=O)Nc1ccc(Cl)cc1F. The van der Waals surface area contributed by atoms with Crippen LogP contribution in [0.5, 0.6) is 0 Å². The number of benzene rings is 1. The van der Waals surface area contributed by atoms with E-state index >= 15 is 0 Å². The number of hydrogen-bond acceptors (Lipinski definition) is 3. The number of esters is 1. The van der Waals surface area contributed by atoms with E-state index in [0.29, 0.717) is 0 Å². The van der Waals surface area contributed by atoms with Crippen LogP contribution in [-0.4, -0.2) is 18.0 Å². The maximum absolute atomic E-state index is 13.6. The van der Waals surface area contributed by atoms with Crippen molar-refractivity contribution in [3.63, 3.8) is 0 Å². The summed E-state index contributed by atoms with van der Waals surface area (Å²) in [7, 11) is 0. The van der Waals surface area contributed by atoms with Crippen LogP contribution in [0.3, 0.4) is 0 Å². The highest BCUT2D eigenvalue weighted by Gasteiger charge is 2.21. The molecule has 0 spiro atoms. The van der Waals surface area contributed by atoms with E-state index in [4.69, 9.17) is 16.3 Å². The fourth-order valence-electron chi connectivity index (χ4n) is 2.20. The third-order valence-electron chi connectivity index (χ3n) is 3.41. The van der Waals surface area contributed by atoms with Gasteiger partial charge in [0.2, 0.25) is 0 Å². The number of carbonyl (C=O) groups is 2. The second kappa shape index (κ2) is 7.40. The Morgan fingerprint density at radius 2 is 2.27 bits per heavy atom. The quantitative estimate of drug-likeness (QED) is 0.663. The zero-order valence-electron chi connectivity index (χ0n) is 12.1. The molecule has 1 aliphatic carbocycles. The monoisotopic (exact) mass is 325 g/mol. The predicted octanol–water partition coefficient (Wildman–Crippen LogP) is 3.71. The van der Waals surface area contributed by atoms with Gasteiger partial charge in [0.1, 0.15) is 5.82 Å². The molecule has 0 unspecified atom stereocenters. The van der Waals surface area contributed by atoms with Crippen LogP contribution in [-0.2, 0) is 14.3 Å². The van der Waals surface area contributed by atoms with Crippen molar-refractivity contribution in [2.24, 2.45) is 5.92 Å². The number of anilines is 1. The molecule has 118 valence electrons. The highest BCUT2D eigenvalue weighted by Crippen LogP contribution is 2.21. The van der Waals surface area contributed by atoms with Gasteiger partial charge in [-0.3, -0.25) is 9.59 Å². The van der Waals surface area contributed by atoms with E-state index < -0.39 is 23.8 Å². The van der Waals surface area contributed by atoms with E-state index in [-0.39, 0.29) is 23.0 Å². The van der Waals surface area contributed by atoms with Crippen molar-refractivity contribution in [2.45, 2.75) is 32.3 Å². The molecule has 6 heteroatoms.